The topological polar surface area (TPSA) is 73.8 Å². The molecule has 1 aliphatic heterocycles. The van der Waals surface area contributed by atoms with Gasteiger partial charge in [0.05, 0.1) is 4.90 Å². The molecule has 29 heavy (non-hydrogen) atoms. The molecule has 6 nitrogen and oxygen atoms in total. The smallest absolute Gasteiger partial charge is 0.243 e. The molecule has 2 fully saturated rings. The molecular weight excluding hydrogens is 499 g/mol. The average molecular weight is 535 g/mol. The molecular formula is C21H35IN4O2S. The van der Waals surface area contributed by atoms with E-state index < -0.39 is 10.0 Å². The standard InChI is InChI=1S/C21H34N4O2S.HI/c1-3-21(12-9-13-21)17-24-20(22-2)23-16-18-10-5-6-11-19(18)28(26,27)25-14-7-4-8-15-25;/h5-6,10-11H,3-4,7-9,12-17H2,1-2H3,(H2,22,23,24);1H. The summed E-state index contributed by atoms with van der Waals surface area (Å²) in [5, 5.41) is 6.74. The number of piperidine rings is 1. The molecule has 0 bridgehead atoms. The molecule has 164 valence electrons. The van der Waals surface area contributed by atoms with Gasteiger partial charge >= 0.3 is 0 Å². The Bertz CT molecular complexity index is 782. The van der Waals surface area contributed by atoms with Gasteiger partial charge in [0.2, 0.25) is 10.0 Å². The minimum Gasteiger partial charge on any atom is -0.356 e. The van der Waals surface area contributed by atoms with E-state index in [0.717, 1.165) is 37.3 Å². The van der Waals surface area contributed by atoms with Crippen molar-refractivity contribution in [3.05, 3.63) is 29.8 Å². The van der Waals surface area contributed by atoms with Crippen LogP contribution in [0.15, 0.2) is 34.2 Å². The molecule has 1 saturated heterocycles. The van der Waals surface area contributed by atoms with Crippen LogP contribution in [0.1, 0.15) is 57.4 Å². The number of sulfonamides is 1. The van der Waals surface area contributed by atoms with Gasteiger partial charge in [0.15, 0.2) is 5.96 Å². The van der Waals surface area contributed by atoms with Gasteiger partial charge < -0.3 is 10.6 Å². The maximum Gasteiger partial charge on any atom is 0.243 e. The molecule has 2 N–H and O–H groups in total. The lowest BCUT2D eigenvalue weighted by Crippen LogP contribution is -2.46. The Balaban J connectivity index is 0.00000300. The number of hydrogen-bond acceptors (Lipinski definition) is 3. The van der Waals surface area contributed by atoms with Crippen LogP contribution < -0.4 is 10.6 Å². The monoisotopic (exact) mass is 534 g/mol. The summed E-state index contributed by atoms with van der Waals surface area (Å²) < 4.78 is 27.9. The van der Waals surface area contributed by atoms with Crippen LogP contribution in [0, 0.1) is 5.41 Å². The zero-order chi connectivity index (χ0) is 20.0. The first-order valence-electron chi connectivity index (χ1n) is 10.5. The molecule has 1 heterocycles. The van der Waals surface area contributed by atoms with E-state index in [0.29, 0.717) is 29.9 Å². The Morgan fingerprint density at radius 2 is 1.79 bits per heavy atom. The highest BCUT2D eigenvalue weighted by Gasteiger charge is 2.35. The first-order chi connectivity index (χ1) is 13.5. The van der Waals surface area contributed by atoms with Crippen molar-refractivity contribution in [2.45, 2.75) is 63.3 Å². The van der Waals surface area contributed by atoms with Crippen LogP contribution in [0.3, 0.4) is 0 Å². The van der Waals surface area contributed by atoms with Gasteiger partial charge in [-0.15, -0.1) is 24.0 Å². The highest BCUT2D eigenvalue weighted by molar-refractivity contribution is 14.0. The van der Waals surface area contributed by atoms with Gasteiger partial charge in [-0.1, -0.05) is 38.0 Å². The van der Waals surface area contributed by atoms with E-state index >= 15 is 0 Å². The number of rotatable bonds is 7. The van der Waals surface area contributed by atoms with Crippen LogP contribution >= 0.6 is 24.0 Å². The van der Waals surface area contributed by atoms with Crippen LogP contribution in [0.5, 0.6) is 0 Å². The quantitative estimate of drug-likeness (QED) is 0.318. The van der Waals surface area contributed by atoms with E-state index in [2.05, 4.69) is 22.5 Å². The Labute approximate surface area is 193 Å². The van der Waals surface area contributed by atoms with Crippen LogP contribution in [0.2, 0.25) is 0 Å². The third kappa shape index (κ3) is 5.85. The Hall–Kier alpha value is -0.870. The van der Waals surface area contributed by atoms with Crippen LogP contribution in [-0.2, 0) is 16.6 Å². The van der Waals surface area contributed by atoms with E-state index in [1.165, 1.54) is 25.7 Å². The van der Waals surface area contributed by atoms with Crippen molar-refractivity contribution in [3.8, 4) is 0 Å². The van der Waals surface area contributed by atoms with Gasteiger partial charge in [0.1, 0.15) is 0 Å². The molecule has 1 aromatic carbocycles. The fraction of sp³-hybridized carbons (Fsp3) is 0.667. The highest BCUT2D eigenvalue weighted by Crippen LogP contribution is 2.43. The third-order valence-electron chi connectivity index (χ3n) is 6.37. The molecule has 2 aliphatic rings. The number of nitrogens with one attached hydrogen (secondary N) is 2. The van der Waals surface area contributed by atoms with Crippen molar-refractivity contribution >= 4 is 40.0 Å². The van der Waals surface area contributed by atoms with E-state index in [1.807, 2.05) is 12.1 Å². The van der Waals surface area contributed by atoms with Gasteiger partial charge in [-0.2, -0.15) is 4.31 Å². The van der Waals surface area contributed by atoms with Crippen molar-refractivity contribution < 1.29 is 8.42 Å². The summed E-state index contributed by atoms with van der Waals surface area (Å²) in [5.74, 6) is 0.727. The largest absolute Gasteiger partial charge is 0.356 e. The summed E-state index contributed by atoms with van der Waals surface area (Å²) >= 11 is 0. The summed E-state index contributed by atoms with van der Waals surface area (Å²) in [6, 6.07) is 7.30. The van der Waals surface area contributed by atoms with Crippen LogP contribution in [-0.4, -0.2) is 45.4 Å². The number of nitrogens with zero attached hydrogens (tertiary/aromatic N) is 2. The fourth-order valence-corrected chi connectivity index (χ4v) is 5.89. The molecule has 0 atom stereocenters. The van der Waals surface area contributed by atoms with Crippen molar-refractivity contribution in [3.63, 3.8) is 0 Å². The summed E-state index contributed by atoms with van der Waals surface area (Å²) in [4.78, 5) is 4.72. The predicted octanol–water partition coefficient (Wildman–Crippen LogP) is 3.72. The van der Waals surface area contributed by atoms with Crippen LogP contribution in [0.4, 0.5) is 0 Å². The summed E-state index contributed by atoms with van der Waals surface area (Å²) in [6.07, 6.45) is 8.01. The third-order valence-corrected chi connectivity index (χ3v) is 8.37. The average Bonchev–Trinajstić information content (AvgIpc) is 2.70. The van der Waals surface area contributed by atoms with E-state index in [-0.39, 0.29) is 24.0 Å². The first-order valence-corrected chi connectivity index (χ1v) is 12.0. The molecule has 0 spiro atoms. The summed E-state index contributed by atoms with van der Waals surface area (Å²) in [5.41, 5.74) is 1.18. The fourth-order valence-electron chi connectivity index (χ4n) is 4.15. The Kier molecular flexibility index (Phi) is 9.21. The van der Waals surface area contributed by atoms with E-state index in [9.17, 15) is 8.42 Å². The van der Waals surface area contributed by atoms with Crippen molar-refractivity contribution in [1.82, 2.24) is 14.9 Å². The van der Waals surface area contributed by atoms with Gasteiger partial charge in [-0.25, -0.2) is 8.42 Å². The van der Waals surface area contributed by atoms with Crippen LogP contribution in [0.25, 0.3) is 0 Å². The normalized spacial score (nSPS) is 19.7. The highest BCUT2D eigenvalue weighted by atomic mass is 127. The maximum atomic E-state index is 13.1. The molecule has 0 aromatic heterocycles. The maximum absolute atomic E-state index is 13.1. The lowest BCUT2D eigenvalue weighted by atomic mass is 9.67. The Morgan fingerprint density at radius 3 is 2.38 bits per heavy atom. The minimum absolute atomic E-state index is 0. The molecule has 1 saturated carbocycles. The predicted molar refractivity (Wildman–Crippen MR) is 129 cm³/mol. The SMILES string of the molecule is CCC1(CNC(=NC)NCc2ccccc2S(=O)(=O)N2CCCCC2)CCC1.I. The second-order valence-corrected chi connectivity index (χ2v) is 9.97. The molecule has 8 heteroatoms. The number of halogens is 1. The van der Waals surface area contributed by atoms with Crippen molar-refractivity contribution in [2.24, 2.45) is 10.4 Å². The molecule has 0 radical (unpaired) electrons. The summed E-state index contributed by atoms with van der Waals surface area (Å²) in [6.45, 7) is 4.83. The van der Waals surface area contributed by atoms with Crippen molar-refractivity contribution in [2.75, 3.05) is 26.7 Å². The van der Waals surface area contributed by atoms with Gasteiger partial charge in [-0.3, -0.25) is 4.99 Å². The Morgan fingerprint density at radius 1 is 1.10 bits per heavy atom. The van der Waals surface area contributed by atoms with E-state index in [4.69, 9.17) is 0 Å². The first kappa shape index (κ1) is 24.4. The lowest BCUT2D eigenvalue weighted by Gasteiger charge is -2.41. The zero-order valence-electron chi connectivity index (χ0n) is 17.6. The zero-order valence-corrected chi connectivity index (χ0v) is 20.8. The van der Waals surface area contributed by atoms with E-state index in [1.54, 1.807) is 23.5 Å². The number of benzene rings is 1. The second-order valence-electron chi connectivity index (χ2n) is 8.06. The van der Waals surface area contributed by atoms with Gasteiger partial charge in [0, 0.05) is 33.2 Å². The number of aliphatic imine (C=N–C) groups is 1. The van der Waals surface area contributed by atoms with Crippen molar-refractivity contribution in [1.29, 1.82) is 0 Å². The molecule has 0 unspecified atom stereocenters. The minimum atomic E-state index is -3.45. The molecule has 1 aliphatic carbocycles. The lowest BCUT2D eigenvalue weighted by molar-refractivity contribution is 0.131. The number of guanidine groups is 1. The summed E-state index contributed by atoms with van der Waals surface area (Å²) in [7, 11) is -1.69. The second kappa shape index (κ2) is 10.9. The number of hydrogen-bond donors (Lipinski definition) is 2. The molecule has 0 amide bonds. The van der Waals surface area contributed by atoms with Gasteiger partial charge in [0.25, 0.3) is 0 Å². The molecule has 3 rings (SSSR count). The molecule has 1 aromatic rings. The van der Waals surface area contributed by atoms with Gasteiger partial charge in [-0.05, 0) is 49.1 Å².